The molecule has 6 unspecified atom stereocenters. The number of carbonyl (C=O) groups is 1. The summed E-state index contributed by atoms with van der Waals surface area (Å²) in [6.07, 6.45) is 11.0. The standard InChI is InChI=1S/C22H38O2/c1-6-22(15(2)3)13-10-17-16(14-22)8-9-18-20(17,4)11-7-12-21(18,5)19(23)24/h15-18H,6-14H2,1-5H3,(H,23,24). The van der Waals surface area contributed by atoms with Crippen LogP contribution in [0, 0.1) is 39.9 Å². The third kappa shape index (κ3) is 2.46. The Kier molecular flexibility index (Phi) is 4.58. The monoisotopic (exact) mass is 334 g/mol. The Labute approximate surface area is 148 Å². The van der Waals surface area contributed by atoms with E-state index in [1.807, 2.05) is 6.92 Å². The van der Waals surface area contributed by atoms with Crippen molar-refractivity contribution in [2.24, 2.45) is 39.9 Å². The van der Waals surface area contributed by atoms with Gasteiger partial charge in [-0.2, -0.15) is 0 Å². The van der Waals surface area contributed by atoms with Crippen molar-refractivity contribution < 1.29 is 9.90 Å². The summed E-state index contributed by atoms with van der Waals surface area (Å²) >= 11 is 0. The molecule has 24 heavy (non-hydrogen) atoms. The van der Waals surface area contributed by atoms with Crippen molar-refractivity contribution in [3.8, 4) is 0 Å². The van der Waals surface area contributed by atoms with Crippen molar-refractivity contribution in [1.29, 1.82) is 0 Å². The van der Waals surface area contributed by atoms with Crippen LogP contribution in [-0.2, 0) is 4.79 Å². The van der Waals surface area contributed by atoms with Gasteiger partial charge in [-0.15, -0.1) is 0 Å². The highest BCUT2D eigenvalue weighted by Crippen LogP contribution is 2.66. The maximum atomic E-state index is 12.1. The average Bonchev–Trinajstić information content (AvgIpc) is 2.53. The van der Waals surface area contributed by atoms with Gasteiger partial charge >= 0.3 is 5.97 Å². The lowest BCUT2D eigenvalue weighted by Gasteiger charge is -2.62. The molecule has 0 aromatic heterocycles. The van der Waals surface area contributed by atoms with E-state index in [-0.39, 0.29) is 5.41 Å². The molecule has 0 radical (unpaired) electrons. The molecule has 3 aliphatic rings. The van der Waals surface area contributed by atoms with Crippen molar-refractivity contribution in [1.82, 2.24) is 0 Å². The fourth-order valence-electron chi connectivity index (χ4n) is 7.51. The van der Waals surface area contributed by atoms with Gasteiger partial charge in [-0.3, -0.25) is 4.79 Å². The Bertz CT molecular complexity index is 498. The summed E-state index contributed by atoms with van der Waals surface area (Å²) < 4.78 is 0. The lowest BCUT2D eigenvalue weighted by Crippen LogP contribution is -2.56. The molecular weight excluding hydrogens is 296 g/mol. The summed E-state index contributed by atoms with van der Waals surface area (Å²) in [6.45, 7) is 11.7. The highest BCUT2D eigenvalue weighted by Gasteiger charge is 2.60. The number of rotatable bonds is 3. The summed E-state index contributed by atoms with van der Waals surface area (Å²) in [4.78, 5) is 12.1. The van der Waals surface area contributed by atoms with Crippen LogP contribution in [0.4, 0.5) is 0 Å². The van der Waals surface area contributed by atoms with Crippen LogP contribution in [0.25, 0.3) is 0 Å². The van der Waals surface area contributed by atoms with Crippen LogP contribution in [0.15, 0.2) is 0 Å². The second-order valence-electron chi connectivity index (χ2n) is 10.2. The molecule has 2 nitrogen and oxygen atoms in total. The van der Waals surface area contributed by atoms with Gasteiger partial charge in [0.25, 0.3) is 0 Å². The SMILES string of the molecule is CCC1(C(C)C)CCC2C(CCC3C(C)(C(=O)O)CCCC23C)C1. The van der Waals surface area contributed by atoms with Gasteiger partial charge in [-0.05, 0) is 86.4 Å². The summed E-state index contributed by atoms with van der Waals surface area (Å²) in [5.74, 6) is 2.19. The summed E-state index contributed by atoms with van der Waals surface area (Å²) in [7, 11) is 0. The molecule has 2 heteroatoms. The third-order valence-corrected chi connectivity index (χ3v) is 9.26. The van der Waals surface area contributed by atoms with E-state index < -0.39 is 11.4 Å². The van der Waals surface area contributed by atoms with Crippen molar-refractivity contribution in [3.05, 3.63) is 0 Å². The number of hydrogen-bond acceptors (Lipinski definition) is 1. The zero-order valence-corrected chi connectivity index (χ0v) is 16.5. The first-order valence-electron chi connectivity index (χ1n) is 10.4. The molecule has 3 fully saturated rings. The topological polar surface area (TPSA) is 37.3 Å². The highest BCUT2D eigenvalue weighted by molar-refractivity contribution is 5.75. The molecule has 3 rings (SSSR count). The van der Waals surface area contributed by atoms with Gasteiger partial charge in [0, 0.05) is 0 Å². The predicted molar refractivity (Wildman–Crippen MR) is 98.8 cm³/mol. The molecule has 1 N–H and O–H groups in total. The smallest absolute Gasteiger partial charge is 0.309 e. The zero-order chi connectivity index (χ0) is 17.8. The van der Waals surface area contributed by atoms with Gasteiger partial charge in [0.2, 0.25) is 0 Å². The maximum Gasteiger partial charge on any atom is 0.309 e. The zero-order valence-electron chi connectivity index (χ0n) is 16.5. The van der Waals surface area contributed by atoms with Crippen LogP contribution < -0.4 is 0 Å². The first kappa shape index (κ1) is 18.3. The van der Waals surface area contributed by atoms with Gasteiger partial charge in [0.15, 0.2) is 0 Å². The van der Waals surface area contributed by atoms with Gasteiger partial charge in [0.05, 0.1) is 5.41 Å². The van der Waals surface area contributed by atoms with Crippen LogP contribution in [-0.4, -0.2) is 11.1 Å². The van der Waals surface area contributed by atoms with E-state index in [0.717, 1.165) is 37.0 Å². The molecule has 0 heterocycles. The third-order valence-electron chi connectivity index (χ3n) is 9.26. The van der Waals surface area contributed by atoms with Crippen LogP contribution >= 0.6 is 0 Å². The van der Waals surface area contributed by atoms with Crippen molar-refractivity contribution in [2.45, 2.75) is 92.4 Å². The lowest BCUT2D eigenvalue weighted by molar-refractivity contribution is -0.175. The molecule has 3 saturated carbocycles. The minimum atomic E-state index is -0.544. The van der Waals surface area contributed by atoms with Crippen molar-refractivity contribution in [2.75, 3.05) is 0 Å². The van der Waals surface area contributed by atoms with Crippen LogP contribution in [0.5, 0.6) is 0 Å². The van der Waals surface area contributed by atoms with Crippen LogP contribution in [0.3, 0.4) is 0 Å². The van der Waals surface area contributed by atoms with Gasteiger partial charge < -0.3 is 5.11 Å². The lowest BCUT2D eigenvalue weighted by atomic mass is 9.42. The molecule has 138 valence electrons. The molecule has 0 aromatic rings. The largest absolute Gasteiger partial charge is 0.481 e. The minimum Gasteiger partial charge on any atom is -0.481 e. The minimum absolute atomic E-state index is 0.255. The summed E-state index contributed by atoms with van der Waals surface area (Å²) in [6, 6.07) is 0. The fraction of sp³-hybridized carbons (Fsp3) is 0.955. The predicted octanol–water partition coefficient (Wildman–Crippen LogP) is 6.15. The molecule has 0 spiro atoms. The average molecular weight is 335 g/mol. The van der Waals surface area contributed by atoms with Gasteiger partial charge in [-0.25, -0.2) is 0 Å². The first-order chi connectivity index (χ1) is 11.2. The van der Waals surface area contributed by atoms with Gasteiger partial charge in [-0.1, -0.05) is 40.5 Å². The molecule has 6 atom stereocenters. The van der Waals surface area contributed by atoms with E-state index in [2.05, 4.69) is 27.7 Å². The molecule has 0 aromatic carbocycles. The number of aliphatic carboxylic acids is 1. The van der Waals surface area contributed by atoms with E-state index in [4.69, 9.17) is 0 Å². The molecule has 0 saturated heterocycles. The van der Waals surface area contributed by atoms with Crippen LogP contribution in [0.1, 0.15) is 92.4 Å². The second-order valence-corrected chi connectivity index (χ2v) is 10.2. The quantitative estimate of drug-likeness (QED) is 0.672. The number of hydrogen-bond donors (Lipinski definition) is 1. The molecule has 3 aliphatic carbocycles. The van der Waals surface area contributed by atoms with E-state index in [9.17, 15) is 9.90 Å². The molecule has 0 aliphatic heterocycles. The molecule has 0 bridgehead atoms. The fourth-order valence-corrected chi connectivity index (χ4v) is 7.51. The Morgan fingerprint density at radius 3 is 2.42 bits per heavy atom. The second kappa shape index (κ2) is 6.02. The van der Waals surface area contributed by atoms with Crippen molar-refractivity contribution in [3.63, 3.8) is 0 Å². The van der Waals surface area contributed by atoms with Crippen LogP contribution in [0.2, 0.25) is 0 Å². The van der Waals surface area contributed by atoms with E-state index in [1.165, 1.54) is 38.5 Å². The normalized spacial score (nSPS) is 48.7. The summed E-state index contributed by atoms with van der Waals surface area (Å²) in [5, 5.41) is 9.94. The highest BCUT2D eigenvalue weighted by atomic mass is 16.4. The molecule has 0 amide bonds. The number of carboxylic acids is 1. The Balaban J connectivity index is 1.88. The van der Waals surface area contributed by atoms with Crippen molar-refractivity contribution >= 4 is 5.97 Å². The Hall–Kier alpha value is -0.530. The van der Waals surface area contributed by atoms with E-state index in [0.29, 0.717) is 11.3 Å². The summed E-state index contributed by atoms with van der Waals surface area (Å²) in [5.41, 5.74) is 0.301. The number of carboxylic acid groups (broad SMARTS) is 1. The number of fused-ring (bicyclic) bond motifs is 3. The van der Waals surface area contributed by atoms with Gasteiger partial charge in [0.1, 0.15) is 0 Å². The van der Waals surface area contributed by atoms with E-state index >= 15 is 0 Å². The Morgan fingerprint density at radius 1 is 1.12 bits per heavy atom. The molecular formula is C22H38O2. The maximum absolute atomic E-state index is 12.1. The van der Waals surface area contributed by atoms with E-state index in [1.54, 1.807) is 0 Å². The Morgan fingerprint density at radius 2 is 1.83 bits per heavy atom. The first-order valence-corrected chi connectivity index (χ1v) is 10.4.